The molecule has 1 aromatic rings. The Morgan fingerprint density at radius 1 is 1.25 bits per heavy atom. The number of carbonyl (C=O) groups excluding carboxylic acids is 1. The number of carbonyl (C=O) groups is 2. The summed E-state index contributed by atoms with van der Waals surface area (Å²) in [5.74, 6) is -0.626. The van der Waals surface area contributed by atoms with Crippen molar-refractivity contribution in [3.05, 3.63) is 24.3 Å². The van der Waals surface area contributed by atoms with E-state index in [1.165, 1.54) is 12.1 Å². The highest BCUT2D eigenvalue weighted by Crippen LogP contribution is 2.16. The molecule has 3 N–H and O–H groups in total. The van der Waals surface area contributed by atoms with Crippen molar-refractivity contribution >= 4 is 11.9 Å². The van der Waals surface area contributed by atoms with E-state index in [2.05, 4.69) is 5.32 Å². The van der Waals surface area contributed by atoms with Crippen molar-refractivity contribution < 1.29 is 24.5 Å². The summed E-state index contributed by atoms with van der Waals surface area (Å²) in [4.78, 5) is 22.2. The van der Waals surface area contributed by atoms with E-state index in [1.54, 1.807) is 26.0 Å². The van der Waals surface area contributed by atoms with Crippen molar-refractivity contribution in [1.82, 2.24) is 5.32 Å². The first-order chi connectivity index (χ1) is 9.28. The summed E-state index contributed by atoms with van der Waals surface area (Å²) in [5, 5.41) is 20.5. The van der Waals surface area contributed by atoms with Crippen molar-refractivity contribution in [3.8, 4) is 11.5 Å². The molecule has 1 rings (SSSR count). The highest BCUT2D eigenvalue weighted by molar-refractivity contribution is 5.78. The van der Waals surface area contributed by atoms with Gasteiger partial charge in [-0.2, -0.15) is 0 Å². The first kappa shape index (κ1) is 15.8. The highest BCUT2D eigenvalue weighted by Gasteiger charge is 2.21. The molecule has 0 fully saturated rings. The Hall–Kier alpha value is -2.24. The van der Waals surface area contributed by atoms with Gasteiger partial charge in [0.05, 0.1) is 0 Å². The van der Waals surface area contributed by atoms with Gasteiger partial charge >= 0.3 is 5.97 Å². The van der Waals surface area contributed by atoms with E-state index in [4.69, 9.17) is 14.9 Å². The fourth-order valence-electron chi connectivity index (χ4n) is 1.59. The lowest BCUT2D eigenvalue weighted by Gasteiger charge is -2.25. The molecular formula is C14H19NO5. The molecule has 0 heterocycles. The van der Waals surface area contributed by atoms with Crippen LogP contribution in [0.4, 0.5) is 0 Å². The van der Waals surface area contributed by atoms with E-state index in [1.807, 2.05) is 0 Å². The van der Waals surface area contributed by atoms with Crippen LogP contribution in [0.2, 0.25) is 0 Å². The van der Waals surface area contributed by atoms with Crippen LogP contribution < -0.4 is 10.1 Å². The van der Waals surface area contributed by atoms with Crippen LogP contribution >= 0.6 is 0 Å². The number of aliphatic carboxylic acids is 1. The third kappa shape index (κ3) is 6.08. The van der Waals surface area contributed by atoms with Crippen LogP contribution in [0, 0.1) is 0 Å². The third-order valence-corrected chi connectivity index (χ3v) is 2.65. The third-order valence-electron chi connectivity index (χ3n) is 2.65. The summed E-state index contributed by atoms with van der Waals surface area (Å²) in [5.41, 5.74) is -0.603. The maximum atomic E-state index is 11.7. The van der Waals surface area contributed by atoms with Gasteiger partial charge in [0.15, 0.2) is 6.61 Å². The standard InChI is InChI=1S/C14H19NO5/c1-14(2,8-7-13(18)19)15-12(17)9-20-11-5-3-10(16)4-6-11/h3-6,16H,7-9H2,1-2H3,(H,15,17)(H,18,19). The topological polar surface area (TPSA) is 95.9 Å². The van der Waals surface area contributed by atoms with Crippen molar-refractivity contribution in [2.24, 2.45) is 0 Å². The molecule has 1 aromatic carbocycles. The first-order valence-corrected chi connectivity index (χ1v) is 6.23. The normalized spacial score (nSPS) is 10.9. The summed E-state index contributed by atoms with van der Waals surface area (Å²) in [6.07, 6.45) is 0.333. The Balaban J connectivity index is 2.39. The quantitative estimate of drug-likeness (QED) is 0.704. The molecule has 0 bridgehead atoms. The average Bonchev–Trinajstić information content (AvgIpc) is 2.35. The maximum absolute atomic E-state index is 11.7. The Morgan fingerprint density at radius 2 is 1.85 bits per heavy atom. The van der Waals surface area contributed by atoms with E-state index >= 15 is 0 Å². The Labute approximate surface area is 117 Å². The molecule has 20 heavy (non-hydrogen) atoms. The van der Waals surface area contributed by atoms with Gasteiger partial charge in [-0.05, 0) is 44.5 Å². The van der Waals surface area contributed by atoms with Gasteiger partial charge in [-0.25, -0.2) is 0 Å². The number of benzene rings is 1. The number of nitrogens with one attached hydrogen (secondary N) is 1. The molecule has 0 aliphatic carbocycles. The summed E-state index contributed by atoms with van der Waals surface area (Å²) in [7, 11) is 0. The monoisotopic (exact) mass is 281 g/mol. The lowest BCUT2D eigenvalue weighted by Crippen LogP contribution is -2.45. The second kappa shape index (κ2) is 6.79. The van der Waals surface area contributed by atoms with Crippen LogP contribution in [0.15, 0.2) is 24.3 Å². The van der Waals surface area contributed by atoms with Crippen LogP contribution in [0.3, 0.4) is 0 Å². The first-order valence-electron chi connectivity index (χ1n) is 6.23. The molecule has 0 aromatic heterocycles. The Morgan fingerprint density at radius 3 is 2.40 bits per heavy atom. The van der Waals surface area contributed by atoms with Crippen LogP contribution in [-0.4, -0.2) is 34.2 Å². The Bertz CT molecular complexity index is 467. The minimum atomic E-state index is -0.896. The SMILES string of the molecule is CC(C)(CCC(=O)O)NC(=O)COc1ccc(O)cc1. The molecule has 1 amide bonds. The van der Waals surface area contributed by atoms with E-state index in [9.17, 15) is 9.59 Å². The average molecular weight is 281 g/mol. The van der Waals surface area contributed by atoms with Gasteiger partial charge in [0.2, 0.25) is 0 Å². The van der Waals surface area contributed by atoms with Crippen molar-refractivity contribution in [2.75, 3.05) is 6.61 Å². The molecule has 0 spiro atoms. The number of amides is 1. The smallest absolute Gasteiger partial charge is 0.303 e. The Kier molecular flexibility index (Phi) is 5.37. The molecule has 0 radical (unpaired) electrons. The zero-order chi connectivity index (χ0) is 15.2. The zero-order valence-electron chi connectivity index (χ0n) is 11.5. The summed E-state index contributed by atoms with van der Waals surface area (Å²) >= 11 is 0. The van der Waals surface area contributed by atoms with Crippen LogP contribution in [0.1, 0.15) is 26.7 Å². The number of hydrogen-bond acceptors (Lipinski definition) is 4. The van der Waals surface area contributed by atoms with Gasteiger partial charge in [0.25, 0.3) is 5.91 Å². The summed E-state index contributed by atoms with van der Waals surface area (Å²) in [6.45, 7) is 3.35. The molecule has 6 nitrogen and oxygen atoms in total. The minimum absolute atomic E-state index is 0.00784. The van der Waals surface area contributed by atoms with E-state index in [0.29, 0.717) is 12.2 Å². The summed E-state index contributed by atoms with van der Waals surface area (Å²) in [6, 6.07) is 6.03. The number of ether oxygens (including phenoxy) is 1. The van der Waals surface area contributed by atoms with Crippen LogP contribution in [0.25, 0.3) is 0 Å². The number of carboxylic acid groups (broad SMARTS) is 1. The van der Waals surface area contributed by atoms with Crippen molar-refractivity contribution in [2.45, 2.75) is 32.2 Å². The van der Waals surface area contributed by atoms with Crippen LogP contribution in [-0.2, 0) is 9.59 Å². The number of aromatic hydroxyl groups is 1. The molecule has 110 valence electrons. The molecule has 0 saturated carbocycles. The molecule has 0 atom stereocenters. The fourth-order valence-corrected chi connectivity index (χ4v) is 1.59. The lowest BCUT2D eigenvalue weighted by molar-refractivity contribution is -0.138. The second-order valence-electron chi connectivity index (χ2n) is 5.11. The van der Waals surface area contributed by atoms with Crippen LogP contribution in [0.5, 0.6) is 11.5 Å². The second-order valence-corrected chi connectivity index (χ2v) is 5.11. The number of hydrogen-bond donors (Lipinski definition) is 3. The number of phenolic OH excluding ortho intramolecular Hbond substituents is 1. The summed E-state index contributed by atoms with van der Waals surface area (Å²) < 4.78 is 5.25. The highest BCUT2D eigenvalue weighted by atomic mass is 16.5. The predicted octanol–water partition coefficient (Wildman–Crippen LogP) is 1.53. The van der Waals surface area contributed by atoms with Gasteiger partial charge in [-0.15, -0.1) is 0 Å². The molecule has 0 saturated heterocycles. The fraction of sp³-hybridized carbons (Fsp3) is 0.429. The number of phenols is 1. The number of rotatable bonds is 7. The van der Waals surface area contributed by atoms with E-state index < -0.39 is 11.5 Å². The van der Waals surface area contributed by atoms with Gasteiger partial charge in [-0.3, -0.25) is 9.59 Å². The molecular weight excluding hydrogens is 262 g/mol. The van der Waals surface area contributed by atoms with Gasteiger partial charge in [0, 0.05) is 12.0 Å². The minimum Gasteiger partial charge on any atom is -0.508 e. The zero-order valence-corrected chi connectivity index (χ0v) is 11.5. The van der Waals surface area contributed by atoms with Gasteiger partial charge in [0.1, 0.15) is 11.5 Å². The molecule has 0 aliphatic rings. The van der Waals surface area contributed by atoms with Gasteiger partial charge in [-0.1, -0.05) is 0 Å². The number of carboxylic acids is 1. The van der Waals surface area contributed by atoms with Crippen molar-refractivity contribution in [1.29, 1.82) is 0 Å². The maximum Gasteiger partial charge on any atom is 0.303 e. The van der Waals surface area contributed by atoms with Crippen molar-refractivity contribution in [3.63, 3.8) is 0 Å². The molecule has 0 aliphatic heterocycles. The van der Waals surface area contributed by atoms with E-state index in [-0.39, 0.29) is 24.7 Å². The largest absolute Gasteiger partial charge is 0.508 e. The molecule has 0 unspecified atom stereocenters. The van der Waals surface area contributed by atoms with E-state index in [0.717, 1.165) is 0 Å². The predicted molar refractivity (Wildman–Crippen MR) is 72.7 cm³/mol. The van der Waals surface area contributed by atoms with Gasteiger partial charge < -0.3 is 20.3 Å². The lowest BCUT2D eigenvalue weighted by atomic mass is 9.98. The molecule has 6 heteroatoms.